The number of nitrogens with two attached hydrogens (primary N) is 1. The summed E-state index contributed by atoms with van der Waals surface area (Å²) in [6, 6.07) is 23.3. The van der Waals surface area contributed by atoms with E-state index in [1.807, 2.05) is 54.6 Å². The van der Waals surface area contributed by atoms with Gasteiger partial charge in [0.2, 0.25) is 0 Å². The minimum Gasteiger partial charge on any atom is -0.396 e. The van der Waals surface area contributed by atoms with Crippen LogP contribution in [0.5, 0.6) is 0 Å². The summed E-state index contributed by atoms with van der Waals surface area (Å²) in [5.41, 5.74) is 10.7. The summed E-state index contributed by atoms with van der Waals surface area (Å²) in [5.74, 6) is -0.286. The van der Waals surface area contributed by atoms with Crippen LogP contribution < -0.4 is 16.4 Å². The fraction of sp³-hybridized carbons (Fsp3) is 0. The predicted octanol–water partition coefficient (Wildman–Crippen LogP) is 6.14. The summed E-state index contributed by atoms with van der Waals surface area (Å²) < 4.78 is 13.0. The minimum atomic E-state index is -0.286. The molecule has 144 valence electrons. The largest absolute Gasteiger partial charge is 0.396 e. The molecule has 4 N–H and O–H groups in total. The maximum atomic E-state index is 13.0. The number of benzene rings is 3. The maximum Gasteiger partial charge on any atom is 0.123 e. The van der Waals surface area contributed by atoms with E-state index in [2.05, 4.69) is 15.6 Å². The van der Waals surface area contributed by atoms with Crippen molar-refractivity contribution in [2.24, 2.45) is 5.73 Å². The van der Waals surface area contributed by atoms with Gasteiger partial charge in [0, 0.05) is 33.7 Å². The molecule has 0 fully saturated rings. The first-order valence-electron chi connectivity index (χ1n) is 8.99. The second-order valence-corrected chi connectivity index (χ2v) is 6.89. The lowest BCUT2D eigenvalue weighted by molar-refractivity contribution is 0.628. The first-order valence-corrected chi connectivity index (χ1v) is 9.37. The summed E-state index contributed by atoms with van der Waals surface area (Å²) in [6.45, 7) is 0. The van der Waals surface area contributed by atoms with Crippen LogP contribution in [0.15, 0.2) is 85.1 Å². The molecule has 0 bridgehead atoms. The molecule has 0 aliphatic carbocycles. The van der Waals surface area contributed by atoms with Crippen molar-refractivity contribution in [1.82, 2.24) is 4.98 Å². The van der Waals surface area contributed by atoms with Gasteiger partial charge in [0.15, 0.2) is 0 Å². The standard InChI is InChI=1S/C23H18ClFN4/c24-15-3-1-4-18(13-15)28-21-5-2-6-22-19(21)11-12-23(29-22)20(26)14-27-17-9-7-16(25)8-10-17/h1-14,27-28H,26H2/b20-14-. The van der Waals surface area contributed by atoms with Gasteiger partial charge in [-0.1, -0.05) is 23.7 Å². The van der Waals surface area contributed by atoms with Crippen LogP contribution >= 0.6 is 11.6 Å². The van der Waals surface area contributed by atoms with E-state index in [1.165, 1.54) is 12.1 Å². The summed E-state index contributed by atoms with van der Waals surface area (Å²) in [6.07, 6.45) is 1.65. The lowest BCUT2D eigenvalue weighted by atomic mass is 10.1. The van der Waals surface area contributed by atoms with Gasteiger partial charge in [0.1, 0.15) is 5.82 Å². The lowest BCUT2D eigenvalue weighted by Gasteiger charge is -2.11. The number of nitrogens with one attached hydrogen (secondary N) is 2. The Morgan fingerprint density at radius 2 is 1.72 bits per heavy atom. The van der Waals surface area contributed by atoms with Crippen molar-refractivity contribution >= 4 is 45.3 Å². The fourth-order valence-electron chi connectivity index (χ4n) is 2.93. The maximum absolute atomic E-state index is 13.0. The number of rotatable bonds is 5. The fourth-order valence-corrected chi connectivity index (χ4v) is 3.12. The molecule has 0 aliphatic rings. The van der Waals surface area contributed by atoms with E-state index in [9.17, 15) is 4.39 Å². The smallest absolute Gasteiger partial charge is 0.123 e. The molecule has 0 aliphatic heterocycles. The number of pyridine rings is 1. The Morgan fingerprint density at radius 1 is 0.931 bits per heavy atom. The molecule has 0 saturated carbocycles. The van der Waals surface area contributed by atoms with E-state index in [4.69, 9.17) is 17.3 Å². The Balaban J connectivity index is 1.59. The zero-order valence-electron chi connectivity index (χ0n) is 15.4. The Kier molecular flexibility index (Phi) is 5.31. The van der Waals surface area contributed by atoms with Crippen LogP contribution in [0.4, 0.5) is 21.5 Å². The molecule has 1 heterocycles. The monoisotopic (exact) mass is 404 g/mol. The van der Waals surface area contributed by atoms with Gasteiger partial charge in [-0.3, -0.25) is 0 Å². The van der Waals surface area contributed by atoms with E-state index < -0.39 is 0 Å². The highest BCUT2D eigenvalue weighted by Gasteiger charge is 2.06. The van der Waals surface area contributed by atoms with Crippen LogP contribution in [0.25, 0.3) is 16.6 Å². The van der Waals surface area contributed by atoms with Gasteiger partial charge >= 0.3 is 0 Å². The highest BCUT2D eigenvalue weighted by Crippen LogP contribution is 2.27. The minimum absolute atomic E-state index is 0.286. The molecule has 0 unspecified atom stereocenters. The van der Waals surface area contributed by atoms with Crippen LogP contribution in [0, 0.1) is 5.82 Å². The molecule has 4 aromatic rings. The van der Waals surface area contributed by atoms with Gasteiger partial charge in [-0.2, -0.15) is 0 Å². The number of hydrogen-bond acceptors (Lipinski definition) is 4. The van der Waals surface area contributed by atoms with Gasteiger partial charge < -0.3 is 16.4 Å². The number of aromatic nitrogens is 1. The molecule has 0 amide bonds. The molecule has 1 aromatic heterocycles. The molecule has 4 rings (SSSR count). The zero-order chi connectivity index (χ0) is 20.2. The van der Waals surface area contributed by atoms with Gasteiger partial charge in [0.25, 0.3) is 0 Å². The molecule has 0 spiro atoms. The van der Waals surface area contributed by atoms with Crippen LogP contribution in [0.2, 0.25) is 5.02 Å². The first-order chi connectivity index (χ1) is 14.1. The third-order valence-electron chi connectivity index (χ3n) is 4.37. The molecule has 0 saturated heterocycles. The van der Waals surface area contributed by atoms with Gasteiger partial charge in [-0.15, -0.1) is 0 Å². The third-order valence-corrected chi connectivity index (χ3v) is 4.60. The van der Waals surface area contributed by atoms with Crippen molar-refractivity contribution in [1.29, 1.82) is 0 Å². The SMILES string of the molecule is N/C(=C\Nc1ccc(F)cc1)c1ccc2c(Nc3cccc(Cl)c3)cccc2n1. The molecular weight excluding hydrogens is 387 g/mol. The van der Waals surface area contributed by atoms with Crippen LogP contribution in [0.1, 0.15) is 5.69 Å². The second-order valence-electron chi connectivity index (χ2n) is 6.46. The zero-order valence-corrected chi connectivity index (χ0v) is 16.1. The summed E-state index contributed by atoms with van der Waals surface area (Å²) in [7, 11) is 0. The topological polar surface area (TPSA) is 63.0 Å². The van der Waals surface area contributed by atoms with Crippen LogP contribution in [-0.4, -0.2) is 4.98 Å². The highest BCUT2D eigenvalue weighted by atomic mass is 35.5. The molecule has 29 heavy (non-hydrogen) atoms. The van der Waals surface area contributed by atoms with Gasteiger partial charge in [0.05, 0.1) is 16.9 Å². The van der Waals surface area contributed by atoms with E-state index in [0.29, 0.717) is 16.4 Å². The quantitative estimate of drug-likeness (QED) is 0.374. The Labute approximate surface area is 172 Å². The molecule has 3 aromatic carbocycles. The number of nitrogens with zero attached hydrogens (tertiary/aromatic N) is 1. The molecule has 0 atom stereocenters. The van der Waals surface area contributed by atoms with Crippen molar-refractivity contribution < 1.29 is 4.39 Å². The molecule has 6 heteroatoms. The summed E-state index contributed by atoms with van der Waals surface area (Å²) >= 11 is 6.07. The average molecular weight is 405 g/mol. The number of hydrogen-bond donors (Lipinski definition) is 3. The molecule has 4 nitrogen and oxygen atoms in total. The van der Waals surface area contributed by atoms with E-state index in [1.54, 1.807) is 18.3 Å². The van der Waals surface area contributed by atoms with Crippen molar-refractivity contribution in [3.63, 3.8) is 0 Å². The first kappa shape index (κ1) is 18.8. The molecule has 0 radical (unpaired) electrons. The summed E-state index contributed by atoms with van der Waals surface area (Å²) in [5, 5.41) is 8.06. The highest BCUT2D eigenvalue weighted by molar-refractivity contribution is 6.30. The predicted molar refractivity (Wildman–Crippen MR) is 119 cm³/mol. The van der Waals surface area contributed by atoms with E-state index >= 15 is 0 Å². The number of fused-ring (bicyclic) bond motifs is 1. The number of halogens is 2. The lowest BCUT2D eigenvalue weighted by Crippen LogP contribution is -2.03. The van der Waals surface area contributed by atoms with E-state index in [0.717, 1.165) is 28.0 Å². The van der Waals surface area contributed by atoms with Gasteiger partial charge in [-0.25, -0.2) is 9.37 Å². The van der Waals surface area contributed by atoms with E-state index in [-0.39, 0.29) is 5.82 Å². The Morgan fingerprint density at radius 3 is 2.52 bits per heavy atom. The van der Waals surface area contributed by atoms with Crippen LogP contribution in [0.3, 0.4) is 0 Å². The van der Waals surface area contributed by atoms with Crippen molar-refractivity contribution in [3.05, 3.63) is 102 Å². The Hall–Kier alpha value is -3.57. The molecular formula is C23H18ClFN4. The van der Waals surface area contributed by atoms with Crippen LogP contribution in [-0.2, 0) is 0 Å². The van der Waals surface area contributed by atoms with Crippen molar-refractivity contribution in [3.8, 4) is 0 Å². The third kappa shape index (κ3) is 4.47. The summed E-state index contributed by atoms with van der Waals surface area (Å²) in [4.78, 5) is 4.66. The average Bonchev–Trinajstić information content (AvgIpc) is 2.73. The van der Waals surface area contributed by atoms with Crippen molar-refractivity contribution in [2.45, 2.75) is 0 Å². The normalized spacial score (nSPS) is 11.4. The second kappa shape index (κ2) is 8.20. The van der Waals surface area contributed by atoms with Crippen molar-refractivity contribution in [2.75, 3.05) is 10.6 Å². The Bertz CT molecular complexity index is 1190. The number of anilines is 3. The van der Waals surface area contributed by atoms with Gasteiger partial charge in [-0.05, 0) is 66.7 Å².